The molecule has 1 aliphatic rings. The van der Waals surface area contributed by atoms with Gasteiger partial charge >= 0.3 is 0 Å². The third-order valence-corrected chi connectivity index (χ3v) is 3.65. The second kappa shape index (κ2) is 7.28. The molecule has 1 rings (SSSR count). The molecular weight excluding hydrogens is 170 g/mol. The average molecular weight is 197 g/mol. The molecular formula is C13H27N. The molecule has 1 nitrogen and oxygen atoms in total. The van der Waals surface area contributed by atoms with Gasteiger partial charge in [-0.1, -0.05) is 52.4 Å². The fourth-order valence-electron chi connectivity index (χ4n) is 2.73. The van der Waals surface area contributed by atoms with Crippen molar-refractivity contribution >= 4 is 0 Å². The first-order valence-electron chi connectivity index (χ1n) is 6.59. The van der Waals surface area contributed by atoms with Crippen LogP contribution in [0.4, 0.5) is 0 Å². The van der Waals surface area contributed by atoms with Crippen LogP contribution in [0.15, 0.2) is 0 Å². The van der Waals surface area contributed by atoms with Crippen molar-refractivity contribution in [2.24, 2.45) is 11.8 Å². The summed E-state index contributed by atoms with van der Waals surface area (Å²) in [7, 11) is 0. The first kappa shape index (κ1) is 12.0. The SMILES string of the molecule is CCCCC(CNCC)C1CCCC1. The lowest BCUT2D eigenvalue weighted by Gasteiger charge is -2.23. The fraction of sp³-hybridized carbons (Fsp3) is 1.00. The molecule has 0 saturated heterocycles. The Balaban J connectivity index is 2.26. The van der Waals surface area contributed by atoms with E-state index in [-0.39, 0.29) is 0 Å². The molecule has 84 valence electrons. The van der Waals surface area contributed by atoms with Crippen molar-refractivity contribution in [1.29, 1.82) is 0 Å². The molecule has 0 amide bonds. The van der Waals surface area contributed by atoms with Gasteiger partial charge in [-0.3, -0.25) is 0 Å². The lowest BCUT2D eigenvalue weighted by molar-refractivity contribution is 0.300. The minimum absolute atomic E-state index is 0.970. The van der Waals surface area contributed by atoms with Crippen LogP contribution >= 0.6 is 0 Å². The zero-order valence-corrected chi connectivity index (χ0v) is 10.0. The Morgan fingerprint density at radius 3 is 2.50 bits per heavy atom. The van der Waals surface area contributed by atoms with E-state index in [1.807, 2.05) is 0 Å². The van der Waals surface area contributed by atoms with Gasteiger partial charge in [0.15, 0.2) is 0 Å². The number of hydrogen-bond acceptors (Lipinski definition) is 1. The van der Waals surface area contributed by atoms with Gasteiger partial charge in [0.2, 0.25) is 0 Å². The lowest BCUT2D eigenvalue weighted by atomic mass is 9.86. The summed E-state index contributed by atoms with van der Waals surface area (Å²) in [5.41, 5.74) is 0. The predicted molar refractivity (Wildman–Crippen MR) is 63.5 cm³/mol. The quantitative estimate of drug-likeness (QED) is 0.657. The monoisotopic (exact) mass is 197 g/mol. The largest absolute Gasteiger partial charge is 0.317 e. The van der Waals surface area contributed by atoms with Crippen molar-refractivity contribution < 1.29 is 0 Å². The smallest absolute Gasteiger partial charge is 0.00180 e. The van der Waals surface area contributed by atoms with Crippen LogP contribution in [-0.2, 0) is 0 Å². The van der Waals surface area contributed by atoms with Crippen molar-refractivity contribution in [1.82, 2.24) is 5.32 Å². The maximum atomic E-state index is 3.53. The zero-order chi connectivity index (χ0) is 10.2. The van der Waals surface area contributed by atoms with E-state index in [9.17, 15) is 0 Å². The molecule has 1 heteroatoms. The molecule has 1 atom stereocenters. The van der Waals surface area contributed by atoms with Crippen LogP contribution in [-0.4, -0.2) is 13.1 Å². The van der Waals surface area contributed by atoms with Crippen LogP contribution in [0.2, 0.25) is 0 Å². The van der Waals surface area contributed by atoms with E-state index in [4.69, 9.17) is 0 Å². The van der Waals surface area contributed by atoms with Gasteiger partial charge in [-0.05, 0) is 31.3 Å². The van der Waals surface area contributed by atoms with Gasteiger partial charge in [-0.2, -0.15) is 0 Å². The Kier molecular flexibility index (Phi) is 6.25. The van der Waals surface area contributed by atoms with Gasteiger partial charge in [0, 0.05) is 0 Å². The summed E-state index contributed by atoms with van der Waals surface area (Å²) in [6.07, 6.45) is 10.2. The minimum Gasteiger partial charge on any atom is -0.317 e. The Hall–Kier alpha value is -0.0400. The average Bonchev–Trinajstić information content (AvgIpc) is 2.71. The Morgan fingerprint density at radius 1 is 1.21 bits per heavy atom. The number of unbranched alkanes of at least 4 members (excludes halogenated alkanes) is 1. The maximum absolute atomic E-state index is 3.53. The van der Waals surface area contributed by atoms with E-state index in [0.29, 0.717) is 0 Å². The van der Waals surface area contributed by atoms with Crippen molar-refractivity contribution in [3.8, 4) is 0 Å². The minimum atomic E-state index is 0.970. The van der Waals surface area contributed by atoms with Crippen molar-refractivity contribution in [3.63, 3.8) is 0 Å². The van der Waals surface area contributed by atoms with E-state index in [2.05, 4.69) is 19.2 Å². The van der Waals surface area contributed by atoms with Crippen LogP contribution in [0.3, 0.4) is 0 Å². The summed E-state index contributed by atoms with van der Waals surface area (Å²) in [5, 5.41) is 3.53. The van der Waals surface area contributed by atoms with Crippen LogP contribution in [0, 0.1) is 11.8 Å². The fourth-order valence-corrected chi connectivity index (χ4v) is 2.73. The summed E-state index contributed by atoms with van der Waals surface area (Å²) in [4.78, 5) is 0. The number of hydrogen-bond donors (Lipinski definition) is 1. The molecule has 1 aliphatic carbocycles. The molecule has 1 saturated carbocycles. The topological polar surface area (TPSA) is 12.0 Å². The van der Waals surface area contributed by atoms with E-state index < -0.39 is 0 Å². The Morgan fingerprint density at radius 2 is 1.93 bits per heavy atom. The van der Waals surface area contributed by atoms with Crippen molar-refractivity contribution in [2.45, 2.75) is 58.8 Å². The van der Waals surface area contributed by atoms with Crippen molar-refractivity contribution in [3.05, 3.63) is 0 Å². The zero-order valence-electron chi connectivity index (χ0n) is 10.0. The van der Waals surface area contributed by atoms with Crippen LogP contribution in [0.5, 0.6) is 0 Å². The molecule has 1 unspecified atom stereocenters. The summed E-state index contributed by atoms with van der Waals surface area (Å²) in [6, 6.07) is 0. The summed E-state index contributed by atoms with van der Waals surface area (Å²) in [5.74, 6) is 2.01. The van der Waals surface area contributed by atoms with Gasteiger partial charge in [-0.15, -0.1) is 0 Å². The Labute approximate surface area is 89.7 Å². The molecule has 0 aromatic carbocycles. The first-order chi connectivity index (χ1) is 6.88. The maximum Gasteiger partial charge on any atom is -0.00180 e. The predicted octanol–water partition coefficient (Wildman–Crippen LogP) is 3.59. The van der Waals surface area contributed by atoms with Crippen LogP contribution in [0.25, 0.3) is 0 Å². The number of nitrogens with one attached hydrogen (secondary N) is 1. The van der Waals surface area contributed by atoms with Gasteiger partial charge < -0.3 is 5.32 Å². The molecule has 0 radical (unpaired) electrons. The van der Waals surface area contributed by atoms with E-state index in [1.54, 1.807) is 0 Å². The normalized spacial score (nSPS) is 20.1. The van der Waals surface area contributed by atoms with E-state index in [0.717, 1.165) is 18.4 Å². The molecule has 0 aromatic heterocycles. The van der Waals surface area contributed by atoms with E-state index in [1.165, 1.54) is 51.5 Å². The molecule has 0 heterocycles. The second-order valence-corrected chi connectivity index (χ2v) is 4.75. The first-order valence-corrected chi connectivity index (χ1v) is 6.59. The molecule has 14 heavy (non-hydrogen) atoms. The molecule has 0 aromatic rings. The highest BCUT2D eigenvalue weighted by Gasteiger charge is 2.23. The summed E-state index contributed by atoms with van der Waals surface area (Å²) in [6.45, 7) is 6.92. The third kappa shape index (κ3) is 4.00. The van der Waals surface area contributed by atoms with Crippen LogP contribution in [0.1, 0.15) is 58.8 Å². The highest BCUT2D eigenvalue weighted by Crippen LogP contribution is 2.33. The molecule has 0 bridgehead atoms. The lowest BCUT2D eigenvalue weighted by Crippen LogP contribution is -2.27. The van der Waals surface area contributed by atoms with Gasteiger partial charge in [0.05, 0.1) is 0 Å². The van der Waals surface area contributed by atoms with Gasteiger partial charge in [0.25, 0.3) is 0 Å². The standard InChI is InChI=1S/C13H27N/c1-3-5-8-13(11-14-4-2)12-9-6-7-10-12/h12-14H,3-11H2,1-2H3. The molecule has 1 fully saturated rings. The van der Waals surface area contributed by atoms with Gasteiger partial charge in [0.1, 0.15) is 0 Å². The summed E-state index contributed by atoms with van der Waals surface area (Å²) < 4.78 is 0. The second-order valence-electron chi connectivity index (χ2n) is 4.75. The number of rotatable bonds is 7. The van der Waals surface area contributed by atoms with E-state index >= 15 is 0 Å². The molecule has 0 spiro atoms. The van der Waals surface area contributed by atoms with Gasteiger partial charge in [-0.25, -0.2) is 0 Å². The highest BCUT2D eigenvalue weighted by molar-refractivity contribution is 4.76. The third-order valence-electron chi connectivity index (χ3n) is 3.65. The van der Waals surface area contributed by atoms with Crippen molar-refractivity contribution in [2.75, 3.05) is 13.1 Å². The Bertz CT molecular complexity index is 119. The molecule has 1 N–H and O–H groups in total. The summed E-state index contributed by atoms with van der Waals surface area (Å²) >= 11 is 0. The highest BCUT2D eigenvalue weighted by atomic mass is 14.8. The molecule has 0 aliphatic heterocycles. The van der Waals surface area contributed by atoms with Crippen LogP contribution < -0.4 is 5.32 Å².